The van der Waals surface area contributed by atoms with E-state index in [9.17, 15) is 0 Å². The molecule has 0 aliphatic carbocycles. The lowest BCUT2D eigenvalue weighted by atomic mass is 9.88. The molecule has 1 unspecified atom stereocenters. The molecule has 0 bridgehead atoms. The SMILES string of the molecule is CC1CN=C(c2ccc(-c3nc(-c4cc5ccccc5c5ccccc45)cc(-c4cc5ccccc5c5ccccc45)n3)cc2)c2ccccc21. The predicted octanol–water partition coefficient (Wildman–Crippen LogP) is 12.0. The zero-order valence-electron chi connectivity index (χ0n) is 28.2. The molecule has 0 radical (unpaired) electrons. The van der Waals surface area contributed by atoms with Crippen molar-refractivity contribution in [2.24, 2.45) is 4.99 Å². The molecule has 3 heteroatoms. The maximum Gasteiger partial charge on any atom is 0.160 e. The van der Waals surface area contributed by atoms with Gasteiger partial charge in [0, 0.05) is 40.3 Å². The quantitative estimate of drug-likeness (QED) is 0.178. The molecule has 1 aliphatic heterocycles. The Morgan fingerprint density at radius 2 is 0.902 bits per heavy atom. The van der Waals surface area contributed by atoms with Gasteiger partial charge in [-0.3, -0.25) is 4.99 Å². The van der Waals surface area contributed by atoms with Crippen molar-refractivity contribution in [1.29, 1.82) is 0 Å². The zero-order valence-corrected chi connectivity index (χ0v) is 28.2. The zero-order chi connectivity index (χ0) is 33.9. The molecule has 8 aromatic carbocycles. The first kappa shape index (κ1) is 29.5. The predicted molar refractivity (Wildman–Crippen MR) is 214 cm³/mol. The van der Waals surface area contributed by atoms with Gasteiger partial charge in [-0.15, -0.1) is 0 Å². The average Bonchev–Trinajstić information content (AvgIpc) is 3.20. The molecular weight excluding hydrogens is 619 g/mol. The number of nitrogens with zero attached hydrogens (tertiary/aromatic N) is 3. The lowest BCUT2D eigenvalue weighted by Gasteiger charge is -2.22. The van der Waals surface area contributed by atoms with Gasteiger partial charge in [-0.1, -0.05) is 153 Å². The van der Waals surface area contributed by atoms with Crippen molar-refractivity contribution in [2.75, 3.05) is 6.54 Å². The molecule has 240 valence electrons. The molecule has 51 heavy (non-hydrogen) atoms. The highest BCUT2D eigenvalue weighted by molar-refractivity contribution is 6.16. The van der Waals surface area contributed by atoms with Crippen LogP contribution in [0.2, 0.25) is 0 Å². The molecule has 0 fully saturated rings. The van der Waals surface area contributed by atoms with Gasteiger partial charge in [0.15, 0.2) is 5.82 Å². The average molecular weight is 652 g/mol. The van der Waals surface area contributed by atoms with E-state index in [2.05, 4.69) is 171 Å². The van der Waals surface area contributed by atoms with E-state index in [0.29, 0.717) is 11.7 Å². The maximum atomic E-state index is 5.35. The Balaban J connectivity index is 1.20. The lowest BCUT2D eigenvalue weighted by Crippen LogP contribution is -2.16. The standard InChI is InChI=1S/C48H33N3/c1-30-29-49-47(42-21-11-6-14-35(30)42)31-22-24-32(25-23-31)48-50-45(43-26-33-12-2-4-15-36(33)38-17-7-9-19-40(38)43)28-46(51-48)44-27-34-13-3-5-16-37(34)39-18-8-10-20-41(39)44/h2-28,30H,29H2,1H3. The number of benzene rings is 8. The van der Waals surface area contributed by atoms with E-state index in [1.165, 1.54) is 54.2 Å². The van der Waals surface area contributed by atoms with Crippen molar-refractivity contribution in [3.8, 4) is 33.9 Å². The van der Waals surface area contributed by atoms with E-state index in [1.807, 2.05) is 0 Å². The molecule has 9 aromatic rings. The van der Waals surface area contributed by atoms with Crippen LogP contribution >= 0.6 is 0 Å². The van der Waals surface area contributed by atoms with Crippen LogP contribution in [-0.2, 0) is 0 Å². The van der Waals surface area contributed by atoms with Crippen LogP contribution in [0, 0.1) is 0 Å². The molecule has 2 heterocycles. The van der Waals surface area contributed by atoms with Crippen LogP contribution in [0.4, 0.5) is 0 Å². The maximum absolute atomic E-state index is 5.35. The number of hydrogen-bond donors (Lipinski definition) is 0. The fourth-order valence-corrected chi connectivity index (χ4v) is 7.96. The summed E-state index contributed by atoms with van der Waals surface area (Å²) >= 11 is 0. The van der Waals surface area contributed by atoms with E-state index < -0.39 is 0 Å². The molecular formula is C48H33N3. The third kappa shape index (κ3) is 4.93. The first-order chi connectivity index (χ1) is 25.2. The van der Waals surface area contributed by atoms with Gasteiger partial charge >= 0.3 is 0 Å². The number of hydrogen-bond acceptors (Lipinski definition) is 3. The van der Waals surface area contributed by atoms with E-state index >= 15 is 0 Å². The molecule has 0 saturated heterocycles. The second kappa shape index (κ2) is 11.9. The van der Waals surface area contributed by atoms with E-state index in [0.717, 1.165) is 45.9 Å². The van der Waals surface area contributed by atoms with Crippen LogP contribution < -0.4 is 0 Å². The van der Waals surface area contributed by atoms with E-state index in [1.54, 1.807) is 0 Å². The fourth-order valence-electron chi connectivity index (χ4n) is 7.96. The Kier molecular flexibility index (Phi) is 6.85. The summed E-state index contributed by atoms with van der Waals surface area (Å²) in [5, 5.41) is 9.65. The van der Waals surface area contributed by atoms with Crippen LogP contribution in [0.5, 0.6) is 0 Å². The summed E-state index contributed by atoms with van der Waals surface area (Å²) < 4.78 is 0. The van der Waals surface area contributed by atoms with Crippen molar-refractivity contribution < 1.29 is 0 Å². The number of aliphatic imine (C=N–C) groups is 1. The van der Waals surface area contributed by atoms with Crippen LogP contribution in [0.1, 0.15) is 29.5 Å². The molecule has 3 nitrogen and oxygen atoms in total. The smallest absolute Gasteiger partial charge is 0.160 e. The Bertz CT molecular complexity index is 2710. The third-order valence-corrected chi connectivity index (χ3v) is 10.5. The fraction of sp³-hybridized carbons (Fsp3) is 0.0625. The summed E-state index contributed by atoms with van der Waals surface area (Å²) in [7, 11) is 0. The van der Waals surface area contributed by atoms with Gasteiger partial charge in [-0.05, 0) is 66.9 Å². The molecule has 0 saturated carbocycles. The Hall–Kier alpha value is -6.45. The van der Waals surface area contributed by atoms with E-state index in [-0.39, 0.29) is 0 Å². The second-order valence-electron chi connectivity index (χ2n) is 13.6. The van der Waals surface area contributed by atoms with Crippen molar-refractivity contribution in [3.05, 3.63) is 180 Å². The lowest BCUT2D eigenvalue weighted by molar-refractivity contribution is 0.761. The third-order valence-electron chi connectivity index (χ3n) is 10.5. The van der Waals surface area contributed by atoms with Gasteiger partial charge in [-0.25, -0.2) is 9.97 Å². The van der Waals surface area contributed by atoms with Crippen LogP contribution in [-0.4, -0.2) is 22.2 Å². The Morgan fingerprint density at radius 1 is 0.431 bits per heavy atom. The molecule has 0 amide bonds. The van der Waals surface area contributed by atoms with Gasteiger partial charge in [0.2, 0.25) is 0 Å². The Labute approximate surface area is 296 Å². The summed E-state index contributed by atoms with van der Waals surface area (Å²) in [6, 6.07) is 58.6. The summed E-state index contributed by atoms with van der Waals surface area (Å²) in [5.41, 5.74) is 9.70. The minimum atomic E-state index is 0.413. The highest BCUT2D eigenvalue weighted by atomic mass is 14.9. The summed E-state index contributed by atoms with van der Waals surface area (Å²) in [6.45, 7) is 3.05. The van der Waals surface area contributed by atoms with E-state index in [4.69, 9.17) is 15.0 Å². The van der Waals surface area contributed by atoms with Gasteiger partial charge < -0.3 is 0 Å². The monoisotopic (exact) mass is 651 g/mol. The largest absolute Gasteiger partial charge is 0.283 e. The van der Waals surface area contributed by atoms with Crippen LogP contribution in [0.3, 0.4) is 0 Å². The summed E-state index contributed by atoms with van der Waals surface area (Å²) in [6.07, 6.45) is 0. The van der Waals surface area contributed by atoms with Crippen molar-refractivity contribution >= 4 is 48.8 Å². The molecule has 0 spiro atoms. The molecule has 1 atom stereocenters. The normalized spacial score (nSPS) is 14.2. The highest BCUT2D eigenvalue weighted by Gasteiger charge is 2.21. The topological polar surface area (TPSA) is 38.1 Å². The number of rotatable bonds is 4. The Morgan fingerprint density at radius 3 is 1.49 bits per heavy atom. The molecule has 1 aromatic heterocycles. The van der Waals surface area contributed by atoms with Crippen LogP contribution in [0.25, 0.3) is 77.0 Å². The van der Waals surface area contributed by atoms with Crippen molar-refractivity contribution in [3.63, 3.8) is 0 Å². The molecule has 10 rings (SSSR count). The van der Waals surface area contributed by atoms with Crippen molar-refractivity contribution in [1.82, 2.24) is 9.97 Å². The minimum absolute atomic E-state index is 0.413. The first-order valence-corrected chi connectivity index (χ1v) is 17.6. The molecule has 1 aliphatic rings. The van der Waals surface area contributed by atoms with Gasteiger partial charge in [0.1, 0.15) is 0 Å². The summed E-state index contributed by atoms with van der Waals surface area (Å²) in [5.74, 6) is 1.11. The molecule has 0 N–H and O–H groups in total. The summed E-state index contributed by atoms with van der Waals surface area (Å²) in [4.78, 5) is 15.7. The van der Waals surface area contributed by atoms with Crippen molar-refractivity contribution in [2.45, 2.75) is 12.8 Å². The first-order valence-electron chi connectivity index (χ1n) is 17.6. The van der Waals surface area contributed by atoms with Crippen LogP contribution in [0.15, 0.2) is 169 Å². The number of aromatic nitrogens is 2. The number of fused-ring (bicyclic) bond motifs is 7. The highest BCUT2D eigenvalue weighted by Crippen LogP contribution is 2.39. The van der Waals surface area contributed by atoms with Gasteiger partial charge in [0.05, 0.1) is 17.1 Å². The minimum Gasteiger partial charge on any atom is -0.283 e. The second-order valence-corrected chi connectivity index (χ2v) is 13.6. The van der Waals surface area contributed by atoms with Gasteiger partial charge in [-0.2, -0.15) is 0 Å². The van der Waals surface area contributed by atoms with Gasteiger partial charge in [0.25, 0.3) is 0 Å².